The van der Waals surface area contributed by atoms with Crippen LogP contribution in [0.25, 0.3) is 0 Å². The van der Waals surface area contributed by atoms with Gasteiger partial charge < -0.3 is 15.4 Å². The number of benzene rings is 1. The molecule has 116 valence electrons. The van der Waals surface area contributed by atoms with Crippen LogP contribution >= 0.6 is 0 Å². The quantitative estimate of drug-likeness (QED) is 0.845. The van der Waals surface area contributed by atoms with Crippen LogP contribution in [0.4, 0.5) is 0 Å². The molecule has 0 spiro atoms. The molecule has 6 heteroatoms. The molecule has 6 nitrogen and oxygen atoms in total. The standard InChI is InChI=1S/C16H20N4O2/c21-16(15-12-22-8-6-17-15)18-10-13-3-1-4-14(9-13)11-20-7-2-5-19-20/h1-5,7,9,15,17H,6,8,10-12H2,(H,18,21). The predicted octanol–water partition coefficient (Wildman–Crippen LogP) is 0.536. The second-order valence-corrected chi connectivity index (χ2v) is 5.32. The van der Waals surface area contributed by atoms with Crippen LogP contribution in [-0.4, -0.2) is 41.5 Å². The van der Waals surface area contributed by atoms with Gasteiger partial charge in [0, 0.05) is 25.5 Å². The molecule has 1 atom stereocenters. The average molecular weight is 300 g/mol. The third-order valence-electron chi connectivity index (χ3n) is 3.60. The van der Waals surface area contributed by atoms with Gasteiger partial charge in [0.2, 0.25) is 5.91 Å². The Morgan fingerprint density at radius 1 is 1.41 bits per heavy atom. The van der Waals surface area contributed by atoms with E-state index in [9.17, 15) is 4.79 Å². The Morgan fingerprint density at radius 3 is 3.09 bits per heavy atom. The Morgan fingerprint density at radius 2 is 2.32 bits per heavy atom. The minimum atomic E-state index is -0.249. The van der Waals surface area contributed by atoms with Gasteiger partial charge in [-0.1, -0.05) is 24.3 Å². The third-order valence-corrected chi connectivity index (χ3v) is 3.60. The van der Waals surface area contributed by atoms with Gasteiger partial charge in [0.25, 0.3) is 0 Å². The maximum Gasteiger partial charge on any atom is 0.239 e. The zero-order valence-electron chi connectivity index (χ0n) is 12.4. The molecular formula is C16H20N4O2. The summed E-state index contributed by atoms with van der Waals surface area (Å²) in [7, 11) is 0. The van der Waals surface area contributed by atoms with Crippen LogP contribution < -0.4 is 10.6 Å². The fourth-order valence-electron chi connectivity index (χ4n) is 2.47. The first kappa shape index (κ1) is 14.7. The van der Waals surface area contributed by atoms with Crippen LogP contribution in [0.1, 0.15) is 11.1 Å². The molecule has 2 aromatic rings. The predicted molar refractivity (Wildman–Crippen MR) is 82.2 cm³/mol. The van der Waals surface area contributed by atoms with Gasteiger partial charge in [0.1, 0.15) is 6.04 Å². The Bertz CT molecular complexity index is 606. The number of nitrogens with zero attached hydrogens (tertiary/aromatic N) is 2. The smallest absolute Gasteiger partial charge is 0.239 e. The first-order valence-corrected chi connectivity index (χ1v) is 7.45. The summed E-state index contributed by atoms with van der Waals surface area (Å²) < 4.78 is 7.18. The number of carbonyl (C=O) groups excluding carboxylic acids is 1. The SMILES string of the molecule is O=C(NCc1cccc(Cn2cccn2)c1)C1COCCN1. The second kappa shape index (κ2) is 7.20. The van der Waals surface area contributed by atoms with Crippen LogP contribution in [0.15, 0.2) is 42.7 Å². The molecule has 1 aliphatic rings. The van der Waals surface area contributed by atoms with Crippen molar-refractivity contribution >= 4 is 5.91 Å². The van der Waals surface area contributed by atoms with Crippen LogP contribution in [0.3, 0.4) is 0 Å². The Labute approximate surface area is 129 Å². The van der Waals surface area contributed by atoms with Gasteiger partial charge >= 0.3 is 0 Å². The molecule has 1 aromatic carbocycles. The monoisotopic (exact) mass is 300 g/mol. The number of carbonyl (C=O) groups is 1. The van der Waals surface area contributed by atoms with E-state index in [1.165, 1.54) is 0 Å². The number of ether oxygens (including phenoxy) is 1. The van der Waals surface area contributed by atoms with Gasteiger partial charge in [-0.15, -0.1) is 0 Å². The minimum absolute atomic E-state index is 0.0165. The molecule has 1 aliphatic heterocycles. The minimum Gasteiger partial charge on any atom is -0.378 e. The molecule has 0 bridgehead atoms. The van der Waals surface area contributed by atoms with Crippen molar-refractivity contribution in [3.05, 3.63) is 53.9 Å². The van der Waals surface area contributed by atoms with Gasteiger partial charge in [0.05, 0.1) is 19.8 Å². The molecule has 2 N–H and O–H groups in total. The number of aromatic nitrogens is 2. The molecule has 22 heavy (non-hydrogen) atoms. The summed E-state index contributed by atoms with van der Waals surface area (Å²) >= 11 is 0. The second-order valence-electron chi connectivity index (χ2n) is 5.32. The van der Waals surface area contributed by atoms with Crippen molar-refractivity contribution in [2.45, 2.75) is 19.1 Å². The number of amides is 1. The van der Waals surface area contributed by atoms with E-state index < -0.39 is 0 Å². The molecule has 1 aromatic heterocycles. The maximum atomic E-state index is 12.0. The molecular weight excluding hydrogens is 280 g/mol. The maximum absolute atomic E-state index is 12.0. The number of rotatable bonds is 5. The van der Waals surface area contributed by atoms with Crippen molar-refractivity contribution in [2.75, 3.05) is 19.8 Å². The molecule has 1 fully saturated rings. The van der Waals surface area contributed by atoms with Crippen molar-refractivity contribution in [3.63, 3.8) is 0 Å². The van der Waals surface area contributed by atoms with Gasteiger partial charge in [-0.25, -0.2) is 0 Å². The molecule has 1 saturated heterocycles. The third kappa shape index (κ3) is 3.93. The lowest BCUT2D eigenvalue weighted by Gasteiger charge is -2.22. The zero-order chi connectivity index (χ0) is 15.2. The topological polar surface area (TPSA) is 68.2 Å². The lowest BCUT2D eigenvalue weighted by atomic mass is 10.1. The number of hydrogen-bond donors (Lipinski definition) is 2. The first-order valence-electron chi connectivity index (χ1n) is 7.45. The summed E-state index contributed by atoms with van der Waals surface area (Å²) in [6, 6.07) is 9.82. The van der Waals surface area contributed by atoms with E-state index in [2.05, 4.69) is 27.9 Å². The van der Waals surface area contributed by atoms with Crippen molar-refractivity contribution in [3.8, 4) is 0 Å². The van der Waals surface area contributed by atoms with E-state index in [0.29, 0.717) is 19.8 Å². The summed E-state index contributed by atoms with van der Waals surface area (Å²) in [5.41, 5.74) is 2.24. The number of hydrogen-bond acceptors (Lipinski definition) is 4. The lowest BCUT2D eigenvalue weighted by molar-refractivity contribution is -0.126. The molecule has 1 unspecified atom stereocenters. The van der Waals surface area contributed by atoms with Gasteiger partial charge in [-0.3, -0.25) is 9.48 Å². The normalized spacial score (nSPS) is 18.1. The molecule has 0 aliphatic carbocycles. The Balaban J connectivity index is 1.54. The first-order chi connectivity index (χ1) is 10.8. The fourth-order valence-corrected chi connectivity index (χ4v) is 2.47. The molecule has 0 radical (unpaired) electrons. The summed E-state index contributed by atoms with van der Waals surface area (Å²) in [5.74, 6) is -0.0165. The van der Waals surface area contributed by atoms with E-state index in [-0.39, 0.29) is 11.9 Å². The Hall–Kier alpha value is -2.18. The van der Waals surface area contributed by atoms with E-state index in [0.717, 1.165) is 24.2 Å². The Kier molecular flexibility index (Phi) is 4.82. The fraction of sp³-hybridized carbons (Fsp3) is 0.375. The summed E-state index contributed by atoms with van der Waals surface area (Å²) in [5, 5.41) is 10.3. The summed E-state index contributed by atoms with van der Waals surface area (Å²) in [6.45, 7) is 3.07. The summed E-state index contributed by atoms with van der Waals surface area (Å²) in [6.07, 6.45) is 3.70. The van der Waals surface area contributed by atoms with E-state index >= 15 is 0 Å². The zero-order valence-corrected chi connectivity index (χ0v) is 12.4. The number of morpholine rings is 1. The van der Waals surface area contributed by atoms with Crippen LogP contribution in [-0.2, 0) is 22.6 Å². The van der Waals surface area contributed by atoms with E-state index in [1.807, 2.05) is 29.1 Å². The van der Waals surface area contributed by atoms with Crippen molar-refractivity contribution in [1.29, 1.82) is 0 Å². The van der Waals surface area contributed by atoms with E-state index in [1.54, 1.807) is 6.20 Å². The highest BCUT2D eigenvalue weighted by molar-refractivity contribution is 5.81. The van der Waals surface area contributed by atoms with Gasteiger partial charge in [-0.2, -0.15) is 5.10 Å². The van der Waals surface area contributed by atoms with Gasteiger partial charge in [0.15, 0.2) is 0 Å². The van der Waals surface area contributed by atoms with Crippen LogP contribution in [0.5, 0.6) is 0 Å². The summed E-state index contributed by atoms with van der Waals surface area (Å²) in [4.78, 5) is 12.0. The van der Waals surface area contributed by atoms with Crippen LogP contribution in [0, 0.1) is 0 Å². The molecule has 0 saturated carbocycles. The molecule has 2 heterocycles. The number of nitrogens with one attached hydrogen (secondary N) is 2. The largest absolute Gasteiger partial charge is 0.378 e. The highest BCUT2D eigenvalue weighted by Crippen LogP contribution is 2.07. The van der Waals surface area contributed by atoms with Gasteiger partial charge in [-0.05, 0) is 17.2 Å². The lowest BCUT2D eigenvalue weighted by Crippen LogP contribution is -2.51. The van der Waals surface area contributed by atoms with Crippen molar-refractivity contribution in [1.82, 2.24) is 20.4 Å². The highest BCUT2D eigenvalue weighted by atomic mass is 16.5. The highest BCUT2D eigenvalue weighted by Gasteiger charge is 2.20. The molecule has 1 amide bonds. The van der Waals surface area contributed by atoms with Crippen molar-refractivity contribution < 1.29 is 9.53 Å². The van der Waals surface area contributed by atoms with E-state index in [4.69, 9.17) is 4.74 Å². The average Bonchev–Trinajstić information content (AvgIpc) is 3.07. The molecule has 3 rings (SSSR count). The van der Waals surface area contributed by atoms with Crippen molar-refractivity contribution in [2.24, 2.45) is 0 Å². The van der Waals surface area contributed by atoms with Crippen LogP contribution in [0.2, 0.25) is 0 Å².